The van der Waals surface area contributed by atoms with Crippen LogP contribution < -0.4 is 31.6 Å². The van der Waals surface area contributed by atoms with Crippen LogP contribution in [-0.4, -0.2) is 53.5 Å². The van der Waals surface area contributed by atoms with Crippen molar-refractivity contribution in [3.63, 3.8) is 0 Å². The SMILES string of the molecule is COc1nc(-c2cccc(-c3cccc(-c4ccn5c(=O)c(CNC[C@H]6CCC(=O)N6)ccc5c4)c3Cl)c2Cl)ccc1CNC[C@H]1CCC(=O)N1. The first kappa shape index (κ1) is 34.7. The Labute approximate surface area is 305 Å². The Morgan fingerprint density at radius 1 is 0.765 bits per heavy atom. The van der Waals surface area contributed by atoms with Crippen molar-refractivity contribution in [1.82, 2.24) is 30.7 Å². The van der Waals surface area contributed by atoms with Crippen molar-refractivity contribution >= 4 is 40.5 Å². The number of nitrogens with one attached hydrogen (secondary N) is 4. The average molecular weight is 726 g/mol. The van der Waals surface area contributed by atoms with Crippen LogP contribution in [0.4, 0.5) is 0 Å². The van der Waals surface area contributed by atoms with Crippen molar-refractivity contribution in [1.29, 1.82) is 0 Å². The summed E-state index contributed by atoms with van der Waals surface area (Å²) in [6.07, 6.45) is 4.52. The van der Waals surface area contributed by atoms with E-state index >= 15 is 0 Å². The van der Waals surface area contributed by atoms with Gasteiger partial charge in [-0.25, -0.2) is 4.98 Å². The molecular weight excluding hydrogens is 687 g/mol. The molecule has 2 fully saturated rings. The molecule has 51 heavy (non-hydrogen) atoms. The molecule has 0 radical (unpaired) electrons. The maximum absolute atomic E-state index is 13.3. The number of benzene rings is 2. The molecule has 0 saturated carbocycles. The van der Waals surface area contributed by atoms with Crippen molar-refractivity contribution < 1.29 is 14.3 Å². The summed E-state index contributed by atoms with van der Waals surface area (Å²) in [5.41, 5.74) is 6.80. The summed E-state index contributed by atoms with van der Waals surface area (Å²) in [5.74, 6) is 0.663. The molecule has 5 aromatic rings. The lowest BCUT2D eigenvalue weighted by Gasteiger charge is -2.16. The highest BCUT2D eigenvalue weighted by Crippen LogP contribution is 2.42. The summed E-state index contributed by atoms with van der Waals surface area (Å²) in [7, 11) is 1.59. The Morgan fingerprint density at radius 2 is 1.35 bits per heavy atom. The zero-order chi connectivity index (χ0) is 35.5. The third-order valence-electron chi connectivity index (χ3n) is 9.52. The number of hydrogen-bond acceptors (Lipinski definition) is 7. The number of ether oxygens (including phenoxy) is 1. The molecule has 2 aliphatic rings. The van der Waals surface area contributed by atoms with Crippen LogP contribution in [0.3, 0.4) is 0 Å². The molecule has 262 valence electrons. The lowest BCUT2D eigenvalue weighted by molar-refractivity contribution is -0.120. The van der Waals surface area contributed by atoms with Crippen molar-refractivity contribution in [2.45, 2.75) is 50.9 Å². The van der Waals surface area contributed by atoms with Gasteiger partial charge in [-0.3, -0.25) is 18.8 Å². The number of amides is 2. The van der Waals surface area contributed by atoms with Gasteiger partial charge < -0.3 is 26.0 Å². The number of rotatable bonds is 12. The number of aromatic nitrogens is 2. The zero-order valence-corrected chi connectivity index (χ0v) is 29.6. The number of methoxy groups -OCH3 is 1. The molecule has 2 saturated heterocycles. The smallest absolute Gasteiger partial charge is 0.259 e. The third kappa shape index (κ3) is 7.50. The van der Waals surface area contributed by atoms with Crippen molar-refractivity contribution in [2.24, 2.45) is 0 Å². The number of fused-ring (bicyclic) bond motifs is 1. The van der Waals surface area contributed by atoms with Crippen LogP contribution in [0.15, 0.2) is 83.8 Å². The molecule has 5 heterocycles. The van der Waals surface area contributed by atoms with Gasteiger partial charge >= 0.3 is 0 Å². The van der Waals surface area contributed by atoms with Crippen molar-refractivity contribution in [3.8, 4) is 39.4 Å². The Balaban J connectivity index is 1.10. The molecule has 2 aliphatic heterocycles. The second kappa shape index (κ2) is 15.2. The monoisotopic (exact) mass is 724 g/mol. The molecule has 0 aliphatic carbocycles. The van der Waals surface area contributed by atoms with E-state index in [1.165, 1.54) is 0 Å². The van der Waals surface area contributed by atoms with Crippen LogP contribution in [0.5, 0.6) is 5.88 Å². The van der Waals surface area contributed by atoms with E-state index in [0.717, 1.165) is 51.7 Å². The van der Waals surface area contributed by atoms with E-state index in [2.05, 4.69) is 21.3 Å². The summed E-state index contributed by atoms with van der Waals surface area (Å²) in [4.78, 5) is 41.1. The van der Waals surface area contributed by atoms with Crippen molar-refractivity contribution in [2.75, 3.05) is 20.2 Å². The molecule has 0 bridgehead atoms. The fourth-order valence-electron chi connectivity index (χ4n) is 6.80. The second-order valence-corrected chi connectivity index (χ2v) is 13.7. The summed E-state index contributed by atoms with van der Waals surface area (Å²) < 4.78 is 7.28. The van der Waals surface area contributed by atoms with E-state index in [1.54, 1.807) is 17.7 Å². The normalized spacial score (nSPS) is 17.2. The second-order valence-electron chi connectivity index (χ2n) is 12.9. The summed E-state index contributed by atoms with van der Waals surface area (Å²) in [6.45, 7) is 2.25. The average Bonchev–Trinajstić information content (AvgIpc) is 3.76. The molecule has 7 rings (SSSR count). The van der Waals surface area contributed by atoms with Gasteiger partial charge in [0.25, 0.3) is 5.56 Å². The van der Waals surface area contributed by atoms with Gasteiger partial charge in [0, 0.05) is 96.2 Å². The molecular formula is C39H38Cl2N6O4. The molecule has 2 aromatic carbocycles. The Bertz CT molecular complexity index is 2190. The van der Waals surface area contributed by atoms with Gasteiger partial charge in [-0.05, 0) is 42.7 Å². The van der Waals surface area contributed by atoms with Crippen LogP contribution in [0, 0.1) is 0 Å². The van der Waals surface area contributed by atoms with Gasteiger partial charge in [0.1, 0.15) is 0 Å². The van der Waals surface area contributed by atoms with Gasteiger partial charge in [0.15, 0.2) is 0 Å². The summed E-state index contributed by atoms with van der Waals surface area (Å²) in [6, 6.07) is 23.3. The van der Waals surface area contributed by atoms with E-state index in [9.17, 15) is 14.4 Å². The largest absolute Gasteiger partial charge is 0.481 e. The molecule has 2 atom stereocenters. The lowest BCUT2D eigenvalue weighted by Crippen LogP contribution is -2.36. The number of halogens is 2. The molecule has 4 N–H and O–H groups in total. The molecule has 10 nitrogen and oxygen atoms in total. The number of hydrogen-bond donors (Lipinski definition) is 4. The first-order valence-corrected chi connectivity index (χ1v) is 17.8. The first-order valence-electron chi connectivity index (χ1n) is 17.1. The minimum atomic E-state index is -0.0981. The van der Waals surface area contributed by atoms with Gasteiger partial charge in [-0.1, -0.05) is 71.7 Å². The Hall–Kier alpha value is -4.74. The predicted octanol–water partition coefficient (Wildman–Crippen LogP) is 5.75. The quantitative estimate of drug-likeness (QED) is 0.129. The fraction of sp³-hybridized carbons (Fsp3) is 0.282. The van der Waals surface area contributed by atoms with Crippen LogP contribution in [0.2, 0.25) is 10.0 Å². The van der Waals surface area contributed by atoms with Gasteiger partial charge in [0.2, 0.25) is 17.7 Å². The highest BCUT2D eigenvalue weighted by molar-refractivity contribution is 6.39. The van der Waals surface area contributed by atoms with E-state index in [-0.39, 0.29) is 29.5 Å². The van der Waals surface area contributed by atoms with Crippen LogP contribution >= 0.6 is 23.2 Å². The van der Waals surface area contributed by atoms with Gasteiger partial charge in [-0.2, -0.15) is 0 Å². The van der Waals surface area contributed by atoms with Crippen molar-refractivity contribution in [3.05, 3.63) is 111 Å². The maximum Gasteiger partial charge on any atom is 0.259 e. The molecule has 0 unspecified atom stereocenters. The van der Waals surface area contributed by atoms with E-state index in [0.29, 0.717) is 66.2 Å². The third-order valence-corrected chi connectivity index (χ3v) is 10.3. The minimum Gasteiger partial charge on any atom is -0.481 e. The lowest BCUT2D eigenvalue weighted by atomic mass is 9.97. The summed E-state index contributed by atoms with van der Waals surface area (Å²) in [5, 5.41) is 13.6. The first-order chi connectivity index (χ1) is 24.8. The number of carbonyl (C=O) groups excluding carboxylic acids is 2. The number of pyridine rings is 3. The number of nitrogens with zero attached hydrogens (tertiary/aromatic N) is 2. The molecule has 0 spiro atoms. The van der Waals surface area contributed by atoms with E-state index in [4.69, 9.17) is 32.9 Å². The zero-order valence-electron chi connectivity index (χ0n) is 28.1. The molecule has 3 aromatic heterocycles. The minimum absolute atomic E-state index is 0.0731. The molecule has 2 amide bonds. The predicted molar refractivity (Wildman–Crippen MR) is 200 cm³/mol. The van der Waals surface area contributed by atoms with Crippen LogP contribution in [-0.2, 0) is 22.7 Å². The Morgan fingerprint density at radius 3 is 1.98 bits per heavy atom. The molecule has 12 heteroatoms. The highest BCUT2D eigenvalue weighted by Gasteiger charge is 2.22. The van der Waals surface area contributed by atoms with Crippen LogP contribution in [0.25, 0.3) is 39.0 Å². The highest BCUT2D eigenvalue weighted by atomic mass is 35.5. The fourth-order valence-corrected chi connectivity index (χ4v) is 7.46. The topological polar surface area (TPSA) is 126 Å². The van der Waals surface area contributed by atoms with Gasteiger partial charge in [0.05, 0.1) is 22.8 Å². The number of carbonyl (C=O) groups is 2. The van der Waals surface area contributed by atoms with Crippen LogP contribution in [0.1, 0.15) is 36.8 Å². The Kier molecular flexibility index (Phi) is 10.4. The maximum atomic E-state index is 13.3. The van der Waals surface area contributed by atoms with Gasteiger partial charge in [-0.15, -0.1) is 0 Å². The van der Waals surface area contributed by atoms with E-state index < -0.39 is 0 Å². The van der Waals surface area contributed by atoms with E-state index in [1.807, 2.05) is 72.8 Å². The summed E-state index contributed by atoms with van der Waals surface area (Å²) >= 11 is 14.2. The standard InChI is InChI=1S/C39H38Cl2N6O4/c1-51-38-24(19-42-21-26-10-14-34(48)44-26)9-13-33(46-38)32-7-3-6-31(37(32)41)30-5-2-4-29(36(30)40)23-16-17-47-28(18-23)12-8-25(39(47)50)20-43-22-27-11-15-35(49)45-27/h2-9,12-13,16-18,26-27,42-43H,10-11,14-15,19-22H2,1H3,(H,44,48)(H,45,49)/t26-,27-/m1/s1.